The average Bonchev–Trinajstić information content (AvgIpc) is 2.33. The van der Waals surface area contributed by atoms with Crippen molar-refractivity contribution in [3.63, 3.8) is 0 Å². The van der Waals surface area contributed by atoms with Gasteiger partial charge in [0, 0.05) is 4.66 Å². The predicted octanol–water partition coefficient (Wildman–Crippen LogP) is 6.21. The molecule has 0 fully saturated rings. The maximum atomic E-state index is 2.69. The normalized spacial score (nSPS) is 21.6. The van der Waals surface area contributed by atoms with E-state index in [1.165, 1.54) is 0 Å². The number of hydrogen-bond donors (Lipinski definition) is 0. The van der Waals surface area contributed by atoms with Crippen molar-refractivity contribution in [3.05, 3.63) is 47.5 Å². The summed E-state index contributed by atoms with van der Waals surface area (Å²) in [6, 6.07) is 9.41. The smallest absolute Gasteiger partial charge is 0.0570 e. The second kappa shape index (κ2) is 5.32. The molecule has 0 nitrogen and oxygen atoms in total. The molecule has 1 aliphatic rings. The van der Waals surface area contributed by atoms with Crippen molar-refractivity contribution >= 4 is 24.2 Å². The molecule has 1 aromatic rings. The molecule has 0 aliphatic heterocycles. The Hall–Kier alpha value is -0.389. The van der Waals surface area contributed by atoms with Gasteiger partial charge < -0.3 is 0 Å². The Morgan fingerprint density at radius 1 is 0.773 bits per heavy atom. The third kappa shape index (κ3) is 2.65. The van der Waals surface area contributed by atoms with Crippen molar-refractivity contribution in [1.82, 2.24) is 0 Å². The minimum atomic E-state index is -1.39. The van der Waals surface area contributed by atoms with Crippen LogP contribution in [0.1, 0.15) is 16.7 Å². The zero-order chi connectivity index (χ0) is 17.0. The Bertz CT molecular complexity index is 566. The standard InChI is InChI=1S/C19H34Si3/c1-20(2,3)18-14-15-19(21(4,5)6,22(7,8)9)17-13-11-10-12-16(17)18/h10-15,18H,1-9H3. The molecule has 0 aromatic heterocycles. The van der Waals surface area contributed by atoms with Crippen LogP contribution in [-0.4, -0.2) is 24.2 Å². The molecule has 0 saturated carbocycles. The molecular weight excluding hydrogens is 312 g/mol. The Balaban J connectivity index is 2.81. The first-order valence-corrected chi connectivity index (χ1v) is 19.2. The third-order valence-corrected chi connectivity index (χ3v) is 18.0. The van der Waals surface area contributed by atoms with Gasteiger partial charge in [0.25, 0.3) is 0 Å². The van der Waals surface area contributed by atoms with Crippen molar-refractivity contribution < 1.29 is 0 Å². The quantitative estimate of drug-likeness (QED) is 0.451. The Morgan fingerprint density at radius 3 is 1.73 bits per heavy atom. The number of fused-ring (bicyclic) bond motifs is 1. The van der Waals surface area contributed by atoms with Crippen LogP contribution in [0.15, 0.2) is 36.4 Å². The van der Waals surface area contributed by atoms with Crippen LogP contribution in [0.2, 0.25) is 58.9 Å². The molecule has 0 amide bonds. The fourth-order valence-electron chi connectivity index (χ4n) is 4.75. The Labute approximate surface area is 141 Å². The van der Waals surface area contributed by atoms with Gasteiger partial charge in [0.15, 0.2) is 0 Å². The van der Waals surface area contributed by atoms with E-state index in [4.69, 9.17) is 0 Å². The molecule has 1 aliphatic carbocycles. The average molecular weight is 347 g/mol. The van der Waals surface area contributed by atoms with Crippen LogP contribution in [-0.2, 0) is 4.66 Å². The highest BCUT2D eigenvalue weighted by atomic mass is 28.4. The van der Waals surface area contributed by atoms with Gasteiger partial charge in [0.05, 0.1) is 24.2 Å². The van der Waals surface area contributed by atoms with Crippen LogP contribution in [0.3, 0.4) is 0 Å². The minimum absolute atomic E-state index is 0.354. The van der Waals surface area contributed by atoms with Gasteiger partial charge >= 0.3 is 0 Å². The van der Waals surface area contributed by atoms with E-state index in [0.29, 0.717) is 10.2 Å². The van der Waals surface area contributed by atoms with Crippen molar-refractivity contribution in [2.75, 3.05) is 0 Å². The third-order valence-electron chi connectivity index (χ3n) is 5.56. The van der Waals surface area contributed by atoms with E-state index in [-0.39, 0.29) is 0 Å². The fourth-order valence-corrected chi connectivity index (χ4v) is 18.9. The summed E-state index contributed by atoms with van der Waals surface area (Å²) in [5.74, 6) is 0. The molecule has 0 heterocycles. The molecule has 1 aromatic carbocycles. The zero-order valence-electron chi connectivity index (χ0n) is 16.0. The first kappa shape index (κ1) is 18.0. The van der Waals surface area contributed by atoms with E-state index >= 15 is 0 Å². The molecule has 0 N–H and O–H groups in total. The molecule has 0 bridgehead atoms. The summed E-state index contributed by atoms with van der Waals surface area (Å²) >= 11 is 0. The van der Waals surface area contributed by atoms with E-state index < -0.39 is 24.2 Å². The highest BCUT2D eigenvalue weighted by Crippen LogP contribution is 2.50. The van der Waals surface area contributed by atoms with E-state index in [2.05, 4.69) is 95.3 Å². The SMILES string of the molecule is C[Si](C)(C)C1C=CC([Si](C)(C)C)([Si](C)(C)C)c2ccccc21. The molecule has 3 heteroatoms. The number of rotatable bonds is 3. The van der Waals surface area contributed by atoms with Crippen LogP contribution in [0.25, 0.3) is 0 Å². The molecule has 0 saturated heterocycles. The van der Waals surface area contributed by atoms with Gasteiger partial charge in [-0.05, 0) is 16.7 Å². The molecule has 22 heavy (non-hydrogen) atoms. The predicted molar refractivity (Wildman–Crippen MR) is 110 cm³/mol. The lowest BCUT2D eigenvalue weighted by Gasteiger charge is -2.54. The van der Waals surface area contributed by atoms with Gasteiger partial charge in [-0.3, -0.25) is 0 Å². The summed E-state index contributed by atoms with van der Waals surface area (Å²) in [4.78, 5) is 0. The number of hydrogen-bond acceptors (Lipinski definition) is 0. The first-order valence-electron chi connectivity index (χ1n) is 8.61. The van der Waals surface area contributed by atoms with Gasteiger partial charge in [-0.25, -0.2) is 0 Å². The van der Waals surface area contributed by atoms with Crippen molar-refractivity contribution in [1.29, 1.82) is 0 Å². The lowest BCUT2D eigenvalue weighted by molar-refractivity contribution is 0.882. The lowest BCUT2D eigenvalue weighted by Crippen LogP contribution is -2.64. The summed E-state index contributed by atoms with van der Waals surface area (Å²) < 4.78 is 0.354. The highest BCUT2D eigenvalue weighted by molar-refractivity contribution is 6.99. The van der Waals surface area contributed by atoms with E-state index in [1.807, 2.05) is 0 Å². The maximum absolute atomic E-state index is 2.69. The summed E-state index contributed by atoms with van der Waals surface area (Å²) in [6.45, 7) is 23.0. The van der Waals surface area contributed by atoms with Gasteiger partial charge in [-0.1, -0.05) is 95.3 Å². The van der Waals surface area contributed by atoms with Crippen LogP contribution in [0.5, 0.6) is 0 Å². The molecule has 1 unspecified atom stereocenters. The first-order chi connectivity index (χ1) is 9.82. The summed E-state index contributed by atoms with van der Waals surface area (Å²) in [5.41, 5.74) is 4.00. The monoisotopic (exact) mass is 346 g/mol. The van der Waals surface area contributed by atoms with Crippen LogP contribution < -0.4 is 0 Å². The number of benzene rings is 1. The van der Waals surface area contributed by atoms with Crippen LogP contribution in [0.4, 0.5) is 0 Å². The van der Waals surface area contributed by atoms with Gasteiger partial charge in [0.1, 0.15) is 0 Å². The Kier molecular flexibility index (Phi) is 4.34. The lowest BCUT2D eigenvalue weighted by atomic mass is 9.95. The maximum Gasteiger partial charge on any atom is 0.0570 e. The minimum Gasteiger partial charge on any atom is -0.0834 e. The van der Waals surface area contributed by atoms with Gasteiger partial charge in [-0.15, -0.1) is 0 Å². The molecule has 2 rings (SSSR count). The largest absolute Gasteiger partial charge is 0.0834 e. The van der Waals surface area contributed by atoms with E-state index in [9.17, 15) is 0 Å². The molecule has 0 spiro atoms. The van der Waals surface area contributed by atoms with Gasteiger partial charge in [-0.2, -0.15) is 0 Å². The zero-order valence-corrected chi connectivity index (χ0v) is 19.0. The molecule has 122 valence electrons. The summed E-state index contributed by atoms with van der Waals surface area (Å²) in [7, 11) is -4.03. The van der Waals surface area contributed by atoms with Gasteiger partial charge in [0.2, 0.25) is 0 Å². The molecule has 0 radical (unpaired) electrons. The summed E-state index contributed by atoms with van der Waals surface area (Å²) in [6.07, 6.45) is 5.31. The number of allylic oxidation sites excluding steroid dienone is 2. The second-order valence-corrected chi connectivity index (χ2v) is 26.5. The van der Waals surface area contributed by atoms with E-state index in [0.717, 1.165) is 0 Å². The van der Waals surface area contributed by atoms with Crippen LogP contribution >= 0.6 is 0 Å². The summed E-state index contributed by atoms with van der Waals surface area (Å²) in [5, 5.41) is 0. The van der Waals surface area contributed by atoms with Crippen LogP contribution in [0, 0.1) is 0 Å². The topological polar surface area (TPSA) is 0 Å². The molecule has 1 atom stereocenters. The van der Waals surface area contributed by atoms with Crippen molar-refractivity contribution in [2.24, 2.45) is 0 Å². The van der Waals surface area contributed by atoms with E-state index in [1.54, 1.807) is 11.1 Å². The molecular formula is C19H34Si3. The van der Waals surface area contributed by atoms with Crippen molar-refractivity contribution in [2.45, 2.75) is 69.1 Å². The van der Waals surface area contributed by atoms with Crippen molar-refractivity contribution in [3.8, 4) is 0 Å². The fraction of sp³-hybridized carbons (Fsp3) is 0.579. The highest BCUT2D eigenvalue weighted by Gasteiger charge is 2.54. The Morgan fingerprint density at radius 2 is 1.27 bits per heavy atom. The second-order valence-electron chi connectivity index (χ2n) is 10.1.